The number of nitrogens with zero attached hydrogens (tertiary/aromatic N) is 1. The van der Waals surface area contributed by atoms with Crippen LogP contribution in [0, 0.1) is 0 Å². The maximum absolute atomic E-state index is 5.96. The number of rotatable bonds is 2. The molecule has 0 aromatic heterocycles. The number of nitrogen functional groups attached to an aromatic ring is 1. The Kier molecular flexibility index (Phi) is 3.58. The van der Waals surface area contributed by atoms with Crippen molar-refractivity contribution in [3.63, 3.8) is 0 Å². The minimum Gasteiger partial charge on any atom is -0.492 e. The first-order valence-electron chi connectivity index (χ1n) is 5.36. The molecular formula is C13H20N2O. The van der Waals surface area contributed by atoms with Crippen LogP contribution in [0.15, 0.2) is 17.1 Å². The molecule has 0 spiro atoms. The van der Waals surface area contributed by atoms with E-state index in [0.29, 0.717) is 11.4 Å². The normalized spacial score (nSPS) is 12.1. The highest BCUT2D eigenvalue weighted by atomic mass is 16.5. The van der Waals surface area contributed by atoms with E-state index in [1.165, 1.54) is 0 Å². The Morgan fingerprint density at radius 1 is 1.31 bits per heavy atom. The average Bonchev–Trinajstić information content (AvgIpc) is 2.16. The Labute approximate surface area is 97.3 Å². The summed E-state index contributed by atoms with van der Waals surface area (Å²) < 4.78 is 5.26. The molecule has 0 aliphatic heterocycles. The summed E-state index contributed by atoms with van der Waals surface area (Å²) in [4.78, 5) is 4.28. The zero-order valence-electron chi connectivity index (χ0n) is 10.7. The fraction of sp³-hybridized carbons (Fsp3) is 0.462. The Morgan fingerprint density at radius 3 is 2.38 bits per heavy atom. The largest absolute Gasteiger partial charge is 0.492 e. The lowest BCUT2D eigenvalue weighted by Crippen LogP contribution is -2.11. The SMILES string of the molecule is CC=Nc1cc(C(C)(C)C)cc(N)c1OC. The van der Waals surface area contributed by atoms with E-state index in [-0.39, 0.29) is 5.41 Å². The van der Waals surface area contributed by atoms with Crippen molar-refractivity contribution in [1.82, 2.24) is 0 Å². The Morgan fingerprint density at radius 2 is 1.94 bits per heavy atom. The van der Waals surface area contributed by atoms with Crippen molar-refractivity contribution in [2.24, 2.45) is 4.99 Å². The minimum atomic E-state index is 0.0540. The highest BCUT2D eigenvalue weighted by molar-refractivity contribution is 5.73. The number of anilines is 1. The van der Waals surface area contributed by atoms with Crippen LogP contribution < -0.4 is 10.5 Å². The first-order valence-corrected chi connectivity index (χ1v) is 5.36. The van der Waals surface area contributed by atoms with Gasteiger partial charge in [0.1, 0.15) is 5.69 Å². The van der Waals surface area contributed by atoms with Gasteiger partial charge in [-0.1, -0.05) is 20.8 Å². The second-order valence-corrected chi connectivity index (χ2v) is 4.76. The minimum absolute atomic E-state index is 0.0540. The molecule has 0 fully saturated rings. The Balaban J connectivity index is 3.39. The number of hydrogen-bond acceptors (Lipinski definition) is 3. The van der Waals surface area contributed by atoms with Crippen molar-refractivity contribution >= 4 is 17.6 Å². The molecule has 0 heterocycles. The van der Waals surface area contributed by atoms with Crippen molar-refractivity contribution in [2.45, 2.75) is 33.1 Å². The summed E-state index contributed by atoms with van der Waals surface area (Å²) in [7, 11) is 1.61. The van der Waals surface area contributed by atoms with Gasteiger partial charge in [0.2, 0.25) is 0 Å². The molecule has 0 bridgehead atoms. The van der Waals surface area contributed by atoms with Gasteiger partial charge in [-0.15, -0.1) is 0 Å². The van der Waals surface area contributed by atoms with Gasteiger partial charge in [0.15, 0.2) is 5.75 Å². The Bertz CT molecular complexity index is 403. The molecule has 1 aromatic carbocycles. The number of hydrogen-bond donors (Lipinski definition) is 1. The van der Waals surface area contributed by atoms with E-state index in [2.05, 4.69) is 25.8 Å². The van der Waals surface area contributed by atoms with Crippen molar-refractivity contribution in [3.05, 3.63) is 17.7 Å². The zero-order valence-corrected chi connectivity index (χ0v) is 10.7. The number of nitrogens with two attached hydrogens (primary N) is 1. The second-order valence-electron chi connectivity index (χ2n) is 4.76. The lowest BCUT2D eigenvalue weighted by atomic mass is 9.86. The lowest BCUT2D eigenvalue weighted by molar-refractivity contribution is 0.418. The van der Waals surface area contributed by atoms with Crippen molar-refractivity contribution in [1.29, 1.82) is 0 Å². The smallest absolute Gasteiger partial charge is 0.167 e. The quantitative estimate of drug-likeness (QED) is 0.614. The topological polar surface area (TPSA) is 47.6 Å². The summed E-state index contributed by atoms with van der Waals surface area (Å²) in [5, 5.41) is 0. The van der Waals surface area contributed by atoms with Gasteiger partial charge in [-0.05, 0) is 30.0 Å². The molecule has 0 aliphatic rings. The maximum atomic E-state index is 5.96. The standard InChI is InChI=1S/C13H20N2O/c1-6-15-11-8-9(13(2,3)4)7-10(14)12(11)16-5/h6-8H,14H2,1-5H3. The van der Waals surface area contributed by atoms with Crippen LogP contribution >= 0.6 is 0 Å². The molecule has 3 heteroatoms. The highest BCUT2D eigenvalue weighted by Crippen LogP contribution is 2.38. The van der Waals surface area contributed by atoms with Gasteiger partial charge < -0.3 is 10.5 Å². The number of ether oxygens (including phenoxy) is 1. The van der Waals surface area contributed by atoms with E-state index in [0.717, 1.165) is 11.3 Å². The van der Waals surface area contributed by atoms with Crippen LogP contribution in [0.5, 0.6) is 5.75 Å². The number of methoxy groups -OCH3 is 1. The highest BCUT2D eigenvalue weighted by Gasteiger charge is 2.17. The predicted molar refractivity (Wildman–Crippen MR) is 69.9 cm³/mol. The van der Waals surface area contributed by atoms with Gasteiger partial charge in [0.25, 0.3) is 0 Å². The van der Waals surface area contributed by atoms with E-state index in [1.54, 1.807) is 13.3 Å². The van der Waals surface area contributed by atoms with Crippen LogP contribution in [0.1, 0.15) is 33.3 Å². The molecule has 0 saturated heterocycles. The third-order valence-electron chi connectivity index (χ3n) is 2.44. The van der Waals surface area contributed by atoms with Gasteiger partial charge in [-0.25, -0.2) is 0 Å². The van der Waals surface area contributed by atoms with Gasteiger partial charge in [-0.3, -0.25) is 4.99 Å². The molecule has 2 N–H and O–H groups in total. The fourth-order valence-electron chi connectivity index (χ4n) is 1.53. The predicted octanol–water partition coefficient (Wildman–Crippen LogP) is 3.30. The number of aliphatic imine (C=N–C) groups is 1. The van der Waals surface area contributed by atoms with E-state index >= 15 is 0 Å². The van der Waals surface area contributed by atoms with E-state index < -0.39 is 0 Å². The third-order valence-corrected chi connectivity index (χ3v) is 2.44. The molecule has 0 saturated carbocycles. The van der Waals surface area contributed by atoms with E-state index in [1.807, 2.05) is 19.1 Å². The van der Waals surface area contributed by atoms with Crippen LogP contribution in [0.4, 0.5) is 11.4 Å². The van der Waals surface area contributed by atoms with Gasteiger partial charge >= 0.3 is 0 Å². The molecule has 1 aromatic rings. The van der Waals surface area contributed by atoms with Crippen LogP contribution in [0.25, 0.3) is 0 Å². The van der Waals surface area contributed by atoms with E-state index in [4.69, 9.17) is 10.5 Å². The lowest BCUT2D eigenvalue weighted by Gasteiger charge is -2.21. The monoisotopic (exact) mass is 220 g/mol. The summed E-state index contributed by atoms with van der Waals surface area (Å²) in [6.07, 6.45) is 1.74. The molecule has 1 rings (SSSR count). The summed E-state index contributed by atoms with van der Waals surface area (Å²) in [5.41, 5.74) is 8.60. The molecule has 0 unspecified atom stereocenters. The molecule has 0 atom stereocenters. The zero-order chi connectivity index (χ0) is 12.3. The molecule has 3 nitrogen and oxygen atoms in total. The summed E-state index contributed by atoms with van der Waals surface area (Å²) >= 11 is 0. The summed E-state index contributed by atoms with van der Waals surface area (Å²) in [5.74, 6) is 0.645. The number of benzene rings is 1. The van der Waals surface area contributed by atoms with Crippen LogP contribution in [-0.2, 0) is 5.41 Å². The maximum Gasteiger partial charge on any atom is 0.167 e. The van der Waals surface area contributed by atoms with Crippen molar-refractivity contribution < 1.29 is 4.74 Å². The van der Waals surface area contributed by atoms with Gasteiger partial charge in [0, 0.05) is 6.21 Å². The summed E-state index contributed by atoms with van der Waals surface area (Å²) in [6, 6.07) is 3.97. The van der Waals surface area contributed by atoms with Gasteiger partial charge in [-0.2, -0.15) is 0 Å². The molecule has 0 amide bonds. The molecule has 0 aliphatic carbocycles. The first-order chi connectivity index (χ1) is 7.40. The van der Waals surface area contributed by atoms with Crippen LogP contribution in [0.3, 0.4) is 0 Å². The van der Waals surface area contributed by atoms with Crippen molar-refractivity contribution in [3.8, 4) is 5.75 Å². The van der Waals surface area contributed by atoms with E-state index in [9.17, 15) is 0 Å². The average molecular weight is 220 g/mol. The Hall–Kier alpha value is -1.51. The first kappa shape index (κ1) is 12.6. The summed E-state index contributed by atoms with van der Waals surface area (Å²) in [6.45, 7) is 8.31. The third kappa shape index (κ3) is 2.54. The van der Waals surface area contributed by atoms with Crippen LogP contribution in [-0.4, -0.2) is 13.3 Å². The molecule has 0 radical (unpaired) electrons. The fourth-order valence-corrected chi connectivity index (χ4v) is 1.53. The van der Waals surface area contributed by atoms with Crippen molar-refractivity contribution in [2.75, 3.05) is 12.8 Å². The molecule has 88 valence electrons. The van der Waals surface area contributed by atoms with Gasteiger partial charge in [0.05, 0.1) is 12.8 Å². The molecule has 16 heavy (non-hydrogen) atoms. The molecular weight excluding hydrogens is 200 g/mol. The van der Waals surface area contributed by atoms with Crippen LogP contribution in [0.2, 0.25) is 0 Å². The second kappa shape index (κ2) is 4.56.